The van der Waals surface area contributed by atoms with Gasteiger partial charge in [-0.05, 0) is 33.8 Å². The van der Waals surface area contributed by atoms with E-state index in [1.165, 1.54) is 16.2 Å². The van der Waals surface area contributed by atoms with Gasteiger partial charge in [-0.15, -0.1) is 11.3 Å². The number of carbonyl (C=O) groups is 2. The fraction of sp³-hybridized carbons (Fsp3) is 0.412. The lowest BCUT2D eigenvalue weighted by atomic mass is 10.1. The number of hydrogen-bond donors (Lipinski definition) is 1. The van der Waals surface area contributed by atoms with Crippen LogP contribution in [0.1, 0.15) is 34.1 Å². The second-order valence-corrected chi connectivity index (χ2v) is 7.33. The molecule has 2 aromatic rings. The molecular weight excluding hydrogens is 314 g/mol. The minimum Gasteiger partial charge on any atom is -0.481 e. The highest BCUT2D eigenvalue weighted by molar-refractivity contribution is 7.17. The van der Waals surface area contributed by atoms with Crippen molar-refractivity contribution in [2.24, 2.45) is 0 Å². The van der Waals surface area contributed by atoms with Gasteiger partial charge >= 0.3 is 12.1 Å². The summed E-state index contributed by atoms with van der Waals surface area (Å²) in [6, 6.07) is 7.21. The van der Waals surface area contributed by atoms with Crippen LogP contribution in [0.25, 0.3) is 10.1 Å². The van der Waals surface area contributed by atoms with Gasteiger partial charge in [-0.2, -0.15) is 0 Å². The van der Waals surface area contributed by atoms with Crippen LogP contribution in [0.3, 0.4) is 0 Å². The van der Waals surface area contributed by atoms with Crippen molar-refractivity contribution < 1.29 is 19.4 Å². The van der Waals surface area contributed by atoms with Crippen LogP contribution in [0.5, 0.6) is 0 Å². The van der Waals surface area contributed by atoms with Gasteiger partial charge in [-0.3, -0.25) is 9.69 Å². The topological polar surface area (TPSA) is 66.8 Å². The zero-order valence-corrected chi connectivity index (χ0v) is 14.5. The van der Waals surface area contributed by atoms with E-state index in [4.69, 9.17) is 9.84 Å². The number of anilines is 1. The smallest absolute Gasteiger partial charge is 0.415 e. The van der Waals surface area contributed by atoms with Crippen LogP contribution in [0.2, 0.25) is 0 Å². The van der Waals surface area contributed by atoms with Crippen molar-refractivity contribution in [3.8, 4) is 0 Å². The molecule has 6 heteroatoms. The third-order valence-corrected chi connectivity index (χ3v) is 4.17. The summed E-state index contributed by atoms with van der Waals surface area (Å²) >= 11 is 1.52. The van der Waals surface area contributed by atoms with Crippen LogP contribution < -0.4 is 4.90 Å². The van der Waals surface area contributed by atoms with E-state index in [1.807, 2.05) is 29.6 Å². The van der Waals surface area contributed by atoms with Gasteiger partial charge in [0.1, 0.15) is 5.60 Å². The number of carboxylic acid groups (broad SMARTS) is 1. The predicted molar refractivity (Wildman–Crippen MR) is 92.3 cm³/mol. The quantitative estimate of drug-likeness (QED) is 0.893. The van der Waals surface area contributed by atoms with Gasteiger partial charge in [0.2, 0.25) is 0 Å². The summed E-state index contributed by atoms with van der Waals surface area (Å²) in [5.41, 5.74) is 0.0398. The van der Waals surface area contributed by atoms with Crippen LogP contribution in [0.4, 0.5) is 10.5 Å². The van der Waals surface area contributed by atoms with Crippen molar-refractivity contribution >= 4 is 39.2 Å². The van der Waals surface area contributed by atoms with E-state index in [2.05, 4.69) is 0 Å². The maximum atomic E-state index is 12.6. The second kappa shape index (κ2) is 6.58. The van der Waals surface area contributed by atoms with Crippen LogP contribution in [-0.4, -0.2) is 28.8 Å². The number of rotatable bonds is 4. The molecule has 0 spiro atoms. The Morgan fingerprint density at radius 2 is 1.96 bits per heavy atom. The molecule has 0 aliphatic rings. The van der Waals surface area contributed by atoms with Crippen LogP contribution in [-0.2, 0) is 9.53 Å². The summed E-state index contributed by atoms with van der Waals surface area (Å²) in [6.07, 6.45) is -0.682. The normalized spacial score (nSPS) is 12.9. The summed E-state index contributed by atoms with van der Waals surface area (Å²) in [5, 5.41) is 11.9. The number of fused-ring (bicyclic) bond motifs is 1. The van der Waals surface area contributed by atoms with Crippen molar-refractivity contribution in [2.75, 3.05) is 4.90 Å². The van der Waals surface area contributed by atoms with Gasteiger partial charge in [-0.25, -0.2) is 4.79 Å². The van der Waals surface area contributed by atoms with E-state index in [9.17, 15) is 9.59 Å². The Balaban J connectivity index is 2.44. The van der Waals surface area contributed by atoms with Gasteiger partial charge in [0.15, 0.2) is 0 Å². The van der Waals surface area contributed by atoms with E-state index in [0.29, 0.717) is 5.69 Å². The van der Waals surface area contributed by atoms with Gasteiger partial charge in [-0.1, -0.05) is 18.2 Å². The number of carboxylic acids is 1. The number of benzene rings is 1. The molecule has 0 saturated carbocycles. The molecule has 5 nitrogen and oxygen atoms in total. The fourth-order valence-electron chi connectivity index (χ4n) is 2.32. The largest absolute Gasteiger partial charge is 0.481 e. The number of hydrogen-bond acceptors (Lipinski definition) is 4. The van der Waals surface area contributed by atoms with Gasteiger partial charge in [0, 0.05) is 21.5 Å². The fourth-order valence-corrected chi connectivity index (χ4v) is 3.26. The molecule has 0 saturated heterocycles. The highest BCUT2D eigenvalue weighted by Gasteiger charge is 2.30. The van der Waals surface area contributed by atoms with E-state index in [-0.39, 0.29) is 6.42 Å². The Bertz CT molecular complexity index is 717. The van der Waals surface area contributed by atoms with Crippen molar-refractivity contribution in [3.05, 3.63) is 29.6 Å². The molecular formula is C17H21NO4S. The molecule has 1 unspecified atom stereocenters. The minimum absolute atomic E-state index is 0.149. The number of ether oxygens (including phenoxy) is 1. The van der Waals surface area contributed by atoms with E-state index in [1.54, 1.807) is 27.7 Å². The number of carbonyl (C=O) groups excluding carboxylic acids is 1. The third-order valence-electron chi connectivity index (χ3n) is 3.22. The number of nitrogens with zero attached hydrogens (tertiary/aromatic N) is 1. The lowest BCUT2D eigenvalue weighted by molar-refractivity contribution is -0.137. The summed E-state index contributed by atoms with van der Waals surface area (Å²) in [6.45, 7) is 7.08. The SMILES string of the molecule is CC(CC(=O)O)N(C(=O)OC(C)(C)C)c1csc2ccccc12. The molecule has 1 amide bonds. The average Bonchev–Trinajstić information content (AvgIpc) is 2.80. The van der Waals surface area contributed by atoms with Crippen LogP contribution in [0.15, 0.2) is 29.6 Å². The molecule has 1 aromatic heterocycles. The van der Waals surface area contributed by atoms with E-state index >= 15 is 0 Å². The molecule has 1 heterocycles. The molecule has 0 radical (unpaired) electrons. The molecule has 0 aliphatic heterocycles. The Morgan fingerprint density at radius 3 is 2.57 bits per heavy atom. The number of thiophene rings is 1. The second-order valence-electron chi connectivity index (χ2n) is 6.41. The first-order chi connectivity index (χ1) is 10.7. The highest BCUT2D eigenvalue weighted by atomic mass is 32.1. The molecule has 2 rings (SSSR count). The average molecular weight is 335 g/mol. The lowest BCUT2D eigenvalue weighted by Gasteiger charge is -2.30. The van der Waals surface area contributed by atoms with Crippen LogP contribution in [0, 0.1) is 0 Å². The first-order valence-electron chi connectivity index (χ1n) is 7.39. The van der Waals surface area contributed by atoms with Crippen molar-refractivity contribution in [2.45, 2.75) is 45.8 Å². The maximum Gasteiger partial charge on any atom is 0.415 e. The summed E-state index contributed by atoms with van der Waals surface area (Å²) in [4.78, 5) is 25.2. The molecule has 1 N–H and O–H groups in total. The van der Waals surface area contributed by atoms with Crippen molar-refractivity contribution in [1.82, 2.24) is 0 Å². The van der Waals surface area contributed by atoms with Gasteiger partial charge in [0.25, 0.3) is 0 Å². The highest BCUT2D eigenvalue weighted by Crippen LogP contribution is 2.35. The molecule has 1 aromatic carbocycles. The first-order valence-corrected chi connectivity index (χ1v) is 8.27. The predicted octanol–water partition coefficient (Wildman–Crippen LogP) is 4.51. The summed E-state index contributed by atoms with van der Waals surface area (Å²) in [7, 11) is 0. The summed E-state index contributed by atoms with van der Waals surface area (Å²) < 4.78 is 6.51. The van der Waals surface area contributed by atoms with Crippen molar-refractivity contribution in [3.63, 3.8) is 0 Å². The monoisotopic (exact) mass is 335 g/mol. The first kappa shape index (κ1) is 17.3. The molecule has 0 aliphatic carbocycles. The molecule has 124 valence electrons. The van der Waals surface area contributed by atoms with Gasteiger partial charge < -0.3 is 9.84 Å². The molecule has 23 heavy (non-hydrogen) atoms. The number of aliphatic carboxylic acids is 1. The standard InChI is InChI=1S/C17H21NO4S/c1-11(9-15(19)20)18(16(21)22-17(2,3)4)13-10-23-14-8-6-5-7-12(13)14/h5-8,10-11H,9H2,1-4H3,(H,19,20). The van der Waals surface area contributed by atoms with E-state index < -0.39 is 23.7 Å². The van der Waals surface area contributed by atoms with Crippen molar-refractivity contribution in [1.29, 1.82) is 0 Å². The summed E-state index contributed by atoms with van der Waals surface area (Å²) in [5.74, 6) is -0.953. The Kier molecular flexibility index (Phi) is 4.94. The van der Waals surface area contributed by atoms with Crippen LogP contribution >= 0.6 is 11.3 Å². The lowest BCUT2D eigenvalue weighted by Crippen LogP contribution is -2.43. The zero-order chi connectivity index (χ0) is 17.2. The third kappa shape index (κ3) is 4.22. The Labute approximate surface area is 139 Å². The molecule has 0 fully saturated rings. The zero-order valence-electron chi connectivity index (χ0n) is 13.7. The maximum absolute atomic E-state index is 12.6. The molecule has 1 atom stereocenters. The van der Waals surface area contributed by atoms with E-state index in [0.717, 1.165) is 10.1 Å². The molecule has 0 bridgehead atoms. The number of amides is 1. The minimum atomic E-state index is -0.953. The van der Waals surface area contributed by atoms with Gasteiger partial charge in [0.05, 0.1) is 12.1 Å². The Hall–Kier alpha value is -2.08. The Morgan fingerprint density at radius 1 is 1.30 bits per heavy atom.